The molecule has 0 aliphatic rings. The van der Waals surface area contributed by atoms with Gasteiger partial charge in [-0.1, -0.05) is 35.3 Å². The molecule has 1 aromatic carbocycles. The van der Waals surface area contributed by atoms with Crippen LogP contribution in [0.2, 0.25) is 10.0 Å². The van der Waals surface area contributed by atoms with Gasteiger partial charge in [0.15, 0.2) is 0 Å². The molecule has 2 atom stereocenters. The van der Waals surface area contributed by atoms with Crippen molar-refractivity contribution < 1.29 is 4.74 Å². The molecule has 4 heteroatoms. The summed E-state index contributed by atoms with van der Waals surface area (Å²) < 4.78 is 5.06. The quantitative estimate of drug-likeness (QED) is 0.845. The number of hydrogen-bond acceptors (Lipinski definition) is 2. The van der Waals surface area contributed by atoms with Gasteiger partial charge < -0.3 is 10.1 Å². The number of halogens is 2. The van der Waals surface area contributed by atoms with Crippen molar-refractivity contribution in [3.63, 3.8) is 0 Å². The summed E-state index contributed by atoms with van der Waals surface area (Å²) in [4.78, 5) is 0. The predicted octanol–water partition coefficient (Wildman–Crippen LogP) is 4.07. The Hall–Kier alpha value is -0.280. The summed E-state index contributed by atoms with van der Waals surface area (Å²) in [6.45, 7) is 4.97. The molecule has 0 amide bonds. The van der Waals surface area contributed by atoms with E-state index < -0.39 is 0 Å². The molecule has 2 unspecified atom stereocenters. The van der Waals surface area contributed by atoms with E-state index in [9.17, 15) is 0 Å². The molecule has 0 bridgehead atoms. The third-order valence-electron chi connectivity index (χ3n) is 2.74. The summed E-state index contributed by atoms with van der Waals surface area (Å²) in [5.74, 6) is 0. The van der Waals surface area contributed by atoms with Crippen LogP contribution in [0, 0.1) is 0 Å². The topological polar surface area (TPSA) is 21.3 Å². The normalized spacial score (nSPS) is 14.6. The Kier molecular flexibility index (Phi) is 6.28. The standard InChI is InChI=1S/C13H19Cl2NO/c1-9(7-8-17-3)16-10(2)11-5-4-6-12(14)13(11)15/h4-6,9-10,16H,7-8H2,1-3H3. The monoisotopic (exact) mass is 275 g/mol. The van der Waals surface area contributed by atoms with Gasteiger partial charge in [0.25, 0.3) is 0 Å². The maximum atomic E-state index is 6.18. The molecule has 0 fully saturated rings. The minimum Gasteiger partial charge on any atom is -0.385 e. The number of methoxy groups -OCH3 is 1. The molecule has 0 spiro atoms. The van der Waals surface area contributed by atoms with E-state index in [1.807, 2.05) is 12.1 Å². The highest BCUT2D eigenvalue weighted by atomic mass is 35.5. The zero-order valence-electron chi connectivity index (χ0n) is 10.5. The van der Waals surface area contributed by atoms with Crippen LogP contribution in [-0.2, 0) is 4.74 Å². The van der Waals surface area contributed by atoms with Crippen molar-refractivity contribution in [3.05, 3.63) is 33.8 Å². The summed E-state index contributed by atoms with van der Waals surface area (Å²) in [6.07, 6.45) is 0.971. The molecular weight excluding hydrogens is 257 g/mol. The van der Waals surface area contributed by atoms with Crippen LogP contribution in [-0.4, -0.2) is 19.8 Å². The van der Waals surface area contributed by atoms with Gasteiger partial charge >= 0.3 is 0 Å². The van der Waals surface area contributed by atoms with E-state index in [0.717, 1.165) is 18.6 Å². The molecule has 1 rings (SSSR count). The fourth-order valence-corrected chi connectivity index (χ4v) is 2.22. The Labute approximate surface area is 113 Å². The van der Waals surface area contributed by atoms with Crippen LogP contribution in [0.25, 0.3) is 0 Å². The van der Waals surface area contributed by atoms with Gasteiger partial charge in [0.1, 0.15) is 0 Å². The molecule has 96 valence electrons. The Bertz CT molecular complexity index is 357. The summed E-state index contributed by atoms with van der Waals surface area (Å²) in [7, 11) is 1.71. The van der Waals surface area contributed by atoms with E-state index in [0.29, 0.717) is 16.1 Å². The Morgan fingerprint density at radius 3 is 2.65 bits per heavy atom. The highest BCUT2D eigenvalue weighted by molar-refractivity contribution is 6.42. The van der Waals surface area contributed by atoms with E-state index >= 15 is 0 Å². The number of nitrogens with one attached hydrogen (secondary N) is 1. The first-order valence-electron chi connectivity index (χ1n) is 5.75. The van der Waals surface area contributed by atoms with E-state index in [-0.39, 0.29) is 6.04 Å². The van der Waals surface area contributed by atoms with Crippen molar-refractivity contribution in [2.24, 2.45) is 0 Å². The average Bonchev–Trinajstić information content (AvgIpc) is 2.29. The maximum Gasteiger partial charge on any atom is 0.0639 e. The van der Waals surface area contributed by atoms with Gasteiger partial charge in [0.2, 0.25) is 0 Å². The van der Waals surface area contributed by atoms with Crippen LogP contribution in [0.5, 0.6) is 0 Å². The third-order valence-corrected chi connectivity index (χ3v) is 3.57. The predicted molar refractivity (Wildman–Crippen MR) is 74.0 cm³/mol. The summed E-state index contributed by atoms with van der Waals surface area (Å²) in [5, 5.41) is 4.71. The molecule has 17 heavy (non-hydrogen) atoms. The lowest BCUT2D eigenvalue weighted by Gasteiger charge is -2.21. The zero-order chi connectivity index (χ0) is 12.8. The fourth-order valence-electron chi connectivity index (χ4n) is 1.75. The van der Waals surface area contributed by atoms with Crippen LogP contribution in [0.4, 0.5) is 0 Å². The van der Waals surface area contributed by atoms with Crippen molar-refractivity contribution >= 4 is 23.2 Å². The molecule has 1 N–H and O–H groups in total. The lowest BCUT2D eigenvalue weighted by atomic mass is 10.1. The van der Waals surface area contributed by atoms with Crippen LogP contribution in [0.15, 0.2) is 18.2 Å². The van der Waals surface area contributed by atoms with E-state index in [1.165, 1.54) is 0 Å². The Morgan fingerprint density at radius 1 is 1.29 bits per heavy atom. The van der Waals surface area contributed by atoms with Crippen molar-refractivity contribution in [2.45, 2.75) is 32.4 Å². The molecular formula is C13H19Cl2NO. The number of ether oxygens (including phenoxy) is 1. The molecule has 0 saturated heterocycles. The zero-order valence-corrected chi connectivity index (χ0v) is 12.0. The van der Waals surface area contributed by atoms with Gasteiger partial charge in [0, 0.05) is 25.8 Å². The largest absolute Gasteiger partial charge is 0.385 e. The average molecular weight is 276 g/mol. The molecule has 1 aromatic rings. The van der Waals surface area contributed by atoms with Crippen LogP contribution >= 0.6 is 23.2 Å². The van der Waals surface area contributed by atoms with Crippen molar-refractivity contribution in [3.8, 4) is 0 Å². The highest BCUT2D eigenvalue weighted by Gasteiger charge is 2.13. The van der Waals surface area contributed by atoms with E-state index in [1.54, 1.807) is 13.2 Å². The first-order valence-corrected chi connectivity index (χ1v) is 6.50. The molecule has 0 radical (unpaired) electrons. The van der Waals surface area contributed by atoms with Gasteiger partial charge in [-0.25, -0.2) is 0 Å². The first kappa shape index (κ1) is 14.8. The highest BCUT2D eigenvalue weighted by Crippen LogP contribution is 2.29. The molecule has 0 heterocycles. The van der Waals surface area contributed by atoms with Gasteiger partial charge in [-0.05, 0) is 31.9 Å². The molecule has 0 saturated carbocycles. The van der Waals surface area contributed by atoms with Crippen molar-refractivity contribution in [1.29, 1.82) is 0 Å². The van der Waals surface area contributed by atoms with E-state index in [2.05, 4.69) is 19.2 Å². The lowest BCUT2D eigenvalue weighted by molar-refractivity contribution is 0.183. The van der Waals surface area contributed by atoms with Gasteiger partial charge in [-0.3, -0.25) is 0 Å². The van der Waals surface area contributed by atoms with Gasteiger partial charge in [-0.15, -0.1) is 0 Å². The smallest absolute Gasteiger partial charge is 0.0639 e. The lowest BCUT2D eigenvalue weighted by Crippen LogP contribution is -2.30. The fraction of sp³-hybridized carbons (Fsp3) is 0.538. The number of benzene rings is 1. The van der Waals surface area contributed by atoms with Gasteiger partial charge in [0.05, 0.1) is 10.0 Å². The Morgan fingerprint density at radius 2 is 2.00 bits per heavy atom. The number of hydrogen-bond donors (Lipinski definition) is 1. The SMILES string of the molecule is COCCC(C)NC(C)c1cccc(Cl)c1Cl. The third kappa shape index (κ3) is 4.47. The second-order valence-electron chi connectivity index (χ2n) is 4.21. The van der Waals surface area contributed by atoms with Crippen molar-refractivity contribution in [2.75, 3.05) is 13.7 Å². The number of rotatable bonds is 6. The van der Waals surface area contributed by atoms with E-state index in [4.69, 9.17) is 27.9 Å². The molecule has 2 nitrogen and oxygen atoms in total. The molecule has 0 aliphatic heterocycles. The minimum absolute atomic E-state index is 0.174. The van der Waals surface area contributed by atoms with Crippen LogP contribution in [0.1, 0.15) is 31.9 Å². The minimum atomic E-state index is 0.174. The Balaban J connectivity index is 2.63. The van der Waals surface area contributed by atoms with Crippen molar-refractivity contribution in [1.82, 2.24) is 5.32 Å². The molecule has 0 aromatic heterocycles. The second-order valence-corrected chi connectivity index (χ2v) is 5.00. The molecule has 0 aliphatic carbocycles. The first-order chi connectivity index (χ1) is 8.06. The second kappa shape index (κ2) is 7.22. The summed E-state index contributed by atoms with van der Waals surface area (Å²) >= 11 is 12.2. The summed E-state index contributed by atoms with van der Waals surface area (Å²) in [5.41, 5.74) is 1.03. The summed E-state index contributed by atoms with van der Waals surface area (Å²) in [6, 6.07) is 6.26. The van der Waals surface area contributed by atoms with Crippen LogP contribution < -0.4 is 5.32 Å². The maximum absolute atomic E-state index is 6.18. The van der Waals surface area contributed by atoms with Gasteiger partial charge in [-0.2, -0.15) is 0 Å². The van der Waals surface area contributed by atoms with Crippen LogP contribution in [0.3, 0.4) is 0 Å².